The zero-order valence-corrected chi connectivity index (χ0v) is 41.5. The van der Waals surface area contributed by atoms with E-state index in [-0.39, 0.29) is 58.2 Å². The Morgan fingerprint density at radius 3 is 2.61 bits per heavy atom. The Kier molecular flexibility index (Phi) is 15.0. The number of nitrogens with one attached hydrogen (secondary N) is 3. The molecule has 3 unspecified atom stereocenters. The van der Waals surface area contributed by atoms with E-state index in [1.165, 1.54) is 15.4 Å². The summed E-state index contributed by atoms with van der Waals surface area (Å²) in [7, 11) is -3.91. The van der Waals surface area contributed by atoms with Crippen LogP contribution in [0.25, 0.3) is 27.3 Å². The Morgan fingerprint density at radius 2 is 1.87 bits per heavy atom. The van der Waals surface area contributed by atoms with Crippen LogP contribution in [0.3, 0.4) is 0 Å². The number of hydrogen-bond acceptors (Lipinski definition) is 13. The summed E-state index contributed by atoms with van der Waals surface area (Å²) >= 11 is 7.40. The number of carbonyl (C=O) groups excluding carboxylic acids is 3. The predicted molar refractivity (Wildman–Crippen MR) is 270 cm³/mol. The van der Waals surface area contributed by atoms with E-state index in [9.17, 15) is 37.5 Å². The second kappa shape index (κ2) is 21.0. The number of carbonyl (C=O) groups is 5. The number of nitrogens with zero attached hydrogens (tertiary/aromatic N) is 4. The van der Waals surface area contributed by atoms with Gasteiger partial charge in [0.05, 0.1) is 22.9 Å². The Labute approximate surface area is 418 Å². The van der Waals surface area contributed by atoms with Crippen molar-refractivity contribution in [2.75, 3.05) is 41.6 Å². The SMILES string of the molecule is CCCC(C(=O)NC=O)N1C(=O)c2cccc3c(C4CCN/C=C/c5cc(CS(=O)(=O)N6CCC(Nc7cccc(-c8sc(C(=O)O)c(OCC(=O)O)c8Cl)c7)CC6(C)C)cnc5N(F)CC4)ccc1c23. The van der Waals surface area contributed by atoms with Crippen molar-refractivity contribution >= 4 is 97.2 Å². The van der Waals surface area contributed by atoms with Gasteiger partial charge in [-0.1, -0.05) is 59.8 Å². The maximum atomic E-state index is 16.3. The number of amides is 3. The molecule has 1 fully saturated rings. The summed E-state index contributed by atoms with van der Waals surface area (Å²) in [5.41, 5.74) is 3.20. The average Bonchev–Trinajstić information content (AvgIpc) is 3.80. The van der Waals surface area contributed by atoms with Crippen LogP contribution in [0, 0.1) is 0 Å². The number of carboxylic acid groups (broad SMARTS) is 2. The molecule has 2 aromatic heterocycles. The minimum atomic E-state index is -3.91. The van der Waals surface area contributed by atoms with Gasteiger partial charge in [0.25, 0.3) is 5.91 Å². The molecule has 5 N–H and O–H groups in total. The zero-order valence-electron chi connectivity index (χ0n) is 39.1. The first-order chi connectivity index (χ1) is 33.9. The highest BCUT2D eigenvalue weighted by molar-refractivity contribution is 7.88. The molecule has 1 saturated heterocycles. The van der Waals surface area contributed by atoms with E-state index < -0.39 is 46.1 Å². The highest BCUT2D eigenvalue weighted by Crippen LogP contribution is 2.47. The molecule has 3 aromatic carbocycles. The van der Waals surface area contributed by atoms with Crippen molar-refractivity contribution in [1.29, 1.82) is 0 Å². The van der Waals surface area contributed by atoms with Gasteiger partial charge in [-0.2, -0.15) is 9.43 Å². The number of anilines is 3. The predicted octanol–water partition coefficient (Wildman–Crippen LogP) is 8.19. The van der Waals surface area contributed by atoms with Crippen LogP contribution in [-0.4, -0.2) is 102 Å². The first kappa shape index (κ1) is 50.8. The van der Waals surface area contributed by atoms with Crippen molar-refractivity contribution in [3.05, 3.63) is 105 Å². The number of aromatic nitrogens is 1. The summed E-state index contributed by atoms with van der Waals surface area (Å²) in [4.78, 5) is 67.2. The summed E-state index contributed by atoms with van der Waals surface area (Å²) in [6.45, 7) is 5.57. The topological polar surface area (TPSA) is 228 Å². The number of halogens is 2. The average molecular weight is 1030 g/mol. The lowest BCUT2D eigenvalue weighted by Gasteiger charge is -2.45. The molecule has 374 valence electrons. The largest absolute Gasteiger partial charge is 0.479 e. The number of sulfonamides is 1. The standard InChI is InChI=1S/C50H53ClFN7O10S2/c1-4-7-39(47(63)55-28-60)59-38-13-12-35(36-10-6-11-37(41(36)38)48(59)64)30-14-18-53-19-15-32-22-29(25-54-46(32)57(52)20-16-30)27-71(67,68)58-21-17-34(24-50(58,2)3)56-33-9-5-8-31(23-33)44-42(51)43(69-26-40(61)62)45(70-44)49(65)66/h5-6,8-13,15,19,22-23,25,28,30,34,39,53,56H,4,7,14,16-18,20-21,24,26-27H2,1-3H3,(H,61,62)(H,65,66)(H,55,60,63)/b19-15+. The molecule has 0 radical (unpaired) electrons. The number of hydrogen-bond donors (Lipinski definition) is 5. The number of fused-ring (bicyclic) bond motifs is 1. The molecule has 0 saturated carbocycles. The number of pyridine rings is 1. The number of benzene rings is 3. The lowest BCUT2D eigenvalue weighted by molar-refractivity contribution is -0.139. The fourth-order valence-corrected chi connectivity index (χ4v) is 13.4. The summed E-state index contributed by atoms with van der Waals surface area (Å²) < 4.78 is 51.5. The lowest BCUT2D eigenvalue weighted by Crippen LogP contribution is -2.55. The van der Waals surface area contributed by atoms with Crippen LogP contribution in [-0.2, 0) is 30.2 Å². The maximum Gasteiger partial charge on any atom is 0.349 e. The zero-order chi connectivity index (χ0) is 50.8. The van der Waals surface area contributed by atoms with E-state index in [2.05, 4.69) is 20.9 Å². The first-order valence-electron chi connectivity index (χ1n) is 23.1. The van der Waals surface area contributed by atoms with Crippen LogP contribution in [0.4, 0.5) is 21.7 Å². The lowest BCUT2D eigenvalue weighted by atomic mass is 9.87. The van der Waals surface area contributed by atoms with E-state index in [1.54, 1.807) is 48.7 Å². The van der Waals surface area contributed by atoms with Crippen LogP contribution >= 0.6 is 22.9 Å². The second-order valence-electron chi connectivity index (χ2n) is 18.4. The van der Waals surface area contributed by atoms with Gasteiger partial charge < -0.3 is 25.6 Å². The molecule has 71 heavy (non-hydrogen) atoms. The van der Waals surface area contributed by atoms with E-state index in [0.717, 1.165) is 22.3 Å². The number of aliphatic carboxylic acids is 1. The minimum absolute atomic E-state index is 0.0138. The molecule has 3 amide bonds. The number of imide groups is 1. The molecule has 21 heteroatoms. The van der Waals surface area contributed by atoms with Crippen LogP contribution in [0.1, 0.15) is 102 Å². The Balaban J connectivity index is 0.944. The Bertz CT molecular complexity index is 3060. The van der Waals surface area contributed by atoms with Crippen molar-refractivity contribution in [3.8, 4) is 16.2 Å². The monoisotopic (exact) mass is 1030 g/mol. The highest BCUT2D eigenvalue weighted by atomic mass is 35.5. The summed E-state index contributed by atoms with van der Waals surface area (Å²) in [6, 6.07) is 17.0. The van der Waals surface area contributed by atoms with Gasteiger partial charge in [-0.3, -0.25) is 24.6 Å². The van der Waals surface area contributed by atoms with Gasteiger partial charge in [-0.15, -0.1) is 11.3 Å². The molecule has 3 atom stereocenters. The molecule has 0 aliphatic carbocycles. The van der Waals surface area contributed by atoms with E-state index >= 15 is 4.48 Å². The third kappa shape index (κ3) is 10.6. The highest BCUT2D eigenvalue weighted by Gasteiger charge is 2.42. The van der Waals surface area contributed by atoms with Crippen molar-refractivity contribution in [2.24, 2.45) is 0 Å². The van der Waals surface area contributed by atoms with E-state index in [4.69, 9.17) is 21.4 Å². The molecule has 5 aromatic rings. The Hall–Kier alpha value is -6.61. The number of rotatable bonds is 16. The fraction of sp³-hybridized carbons (Fsp3) is 0.360. The third-order valence-electron chi connectivity index (χ3n) is 13.1. The Morgan fingerprint density at radius 1 is 1.08 bits per heavy atom. The van der Waals surface area contributed by atoms with Crippen LogP contribution < -0.4 is 30.7 Å². The summed E-state index contributed by atoms with van der Waals surface area (Å²) in [5.74, 6) is -4.17. The van der Waals surface area contributed by atoms with Gasteiger partial charge >= 0.3 is 11.9 Å². The minimum Gasteiger partial charge on any atom is -0.479 e. The molecule has 0 bridgehead atoms. The van der Waals surface area contributed by atoms with Gasteiger partial charge in [0, 0.05) is 53.1 Å². The van der Waals surface area contributed by atoms with Crippen LogP contribution in [0.15, 0.2) is 73.1 Å². The van der Waals surface area contributed by atoms with Gasteiger partial charge in [0.1, 0.15) is 11.1 Å². The van der Waals surface area contributed by atoms with Gasteiger partial charge in [-0.25, -0.2) is 23.0 Å². The number of ether oxygens (including phenoxy) is 1. The van der Waals surface area contributed by atoms with Crippen LogP contribution in [0.5, 0.6) is 5.75 Å². The molecule has 3 aliphatic heterocycles. The van der Waals surface area contributed by atoms with Crippen molar-refractivity contribution in [3.63, 3.8) is 0 Å². The summed E-state index contributed by atoms with van der Waals surface area (Å²) in [6.07, 6.45) is 7.95. The first-order valence-corrected chi connectivity index (χ1v) is 26.0. The third-order valence-corrected chi connectivity index (χ3v) is 16.8. The normalized spacial score (nSPS) is 19.0. The van der Waals surface area contributed by atoms with Crippen molar-refractivity contribution in [2.45, 2.75) is 88.6 Å². The number of thiophene rings is 1. The maximum absolute atomic E-state index is 16.3. The molecule has 8 rings (SSSR count). The molecule has 5 heterocycles. The molecule has 17 nitrogen and oxygen atoms in total. The van der Waals surface area contributed by atoms with Crippen molar-refractivity contribution in [1.82, 2.24) is 19.9 Å². The smallest absolute Gasteiger partial charge is 0.349 e. The number of piperidine rings is 1. The molecule has 0 spiro atoms. The van der Waals surface area contributed by atoms with Gasteiger partial charge in [-0.05, 0) is 117 Å². The molecule has 3 aliphatic rings. The van der Waals surface area contributed by atoms with Crippen molar-refractivity contribution < 1.29 is 51.8 Å². The van der Waals surface area contributed by atoms with Gasteiger partial charge in [0.2, 0.25) is 22.3 Å². The van der Waals surface area contributed by atoms with Gasteiger partial charge in [0.15, 0.2) is 23.1 Å². The molecular formula is C50H53ClFN7O10S2. The van der Waals surface area contributed by atoms with E-state index in [1.807, 2.05) is 45.0 Å². The second-order valence-corrected chi connectivity index (χ2v) is 21.7. The molecular weight excluding hydrogens is 977 g/mol. The summed E-state index contributed by atoms with van der Waals surface area (Å²) in [5, 5.41) is 29.9. The van der Waals surface area contributed by atoms with E-state index in [0.29, 0.717) is 100 Å². The fourth-order valence-electron chi connectivity index (χ4n) is 10.0. The van der Waals surface area contributed by atoms with Crippen LogP contribution in [0.2, 0.25) is 5.02 Å². The quantitative estimate of drug-likeness (QED) is 0.0464. The number of aromatic carboxylic acids is 1. The number of carboxylic acids is 2.